The minimum absolute atomic E-state index is 0.441. The normalized spacial score (nSPS) is 16.7. The quantitative estimate of drug-likeness (QED) is 0.674. The lowest BCUT2D eigenvalue weighted by molar-refractivity contribution is 0.278. The van der Waals surface area contributed by atoms with Crippen molar-refractivity contribution < 1.29 is 0 Å². The molecule has 5 heteroatoms. The molecular formula is C9H13N5. The van der Waals surface area contributed by atoms with Gasteiger partial charge in [0, 0.05) is 7.05 Å². The molecule has 0 bridgehead atoms. The van der Waals surface area contributed by atoms with E-state index < -0.39 is 0 Å². The van der Waals surface area contributed by atoms with Crippen molar-refractivity contribution >= 4 is 11.6 Å². The number of guanidine groups is 1. The standard InChI is InChI=1S/C9H13N5/c1-7-3-5-8(6-4-7)14-9(10)11-12-13(14)2/h3-6,12H,1-2H3,(H2,10,11). The van der Waals surface area contributed by atoms with Crippen LogP contribution in [-0.4, -0.2) is 18.1 Å². The Hall–Kier alpha value is -1.75. The van der Waals surface area contributed by atoms with Crippen molar-refractivity contribution in [2.45, 2.75) is 6.92 Å². The fourth-order valence-corrected chi connectivity index (χ4v) is 1.36. The number of nitrogens with one attached hydrogen (secondary N) is 1. The minimum atomic E-state index is 0.441. The Balaban J connectivity index is 2.30. The maximum Gasteiger partial charge on any atom is 0.236 e. The number of hydrogen-bond donors (Lipinski definition) is 2. The summed E-state index contributed by atoms with van der Waals surface area (Å²) in [6, 6.07) is 8.08. The number of rotatable bonds is 1. The predicted octanol–water partition coefficient (Wildman–Crippen LogP) is 0.396. The molecule has 2 rings (SSSR count). The van der Waals surface area contributed by atoms with Gasteiger partial charge in [0.1, 0.15) is 0 Å². The van der Waals surface area contributed by atoms with Crippen LogP contribution in [0.1, 0.15) is 5.56 Å². The van der Waals surface area contributed by atoms with Crippen molar-refractivity contribution in [1.29, 1.82) is 0 Å². The zero-order valence-corrected chi connectivity index (χ0v) is 8.23. The number of hydrogen-bond acceptors (Lipinski definition) is 5. The van der Waals surface area contributed by atoms with Gasteiger partial charge in [0.15, 0.2) is 0 Å². The largest absolute Gasteiger partial charge is 0.367 e. The van der Waals surface area contributed by atoms with Crippen molar-refractivity contribution in [3.63, 3.8) is 0 Å². The molecule has 74 valence electrons. The van der Waals surface area contributed by atoms with Gasteiger partial charge in [-0.1, -0.05) is 17.7 Å². The van der Waals surface area contributed by atoms with Gasteiger partial charge in [-0.3, -0.25) is 0 Å². The van der Waals surface area contributed by atoms with E-state index in [1.54, 1.807) is 10.1 Å². The van der Waals surface area contributed by atoms with E-state index in [4.69, 9.17) is 5.73 Å². The molecule has 1 heterocycles. The first kappa shape index (κ1) is 8.83. The summed E-state index contributed by atoms with van der Waals surface area (Å²) >= 11 is 0. The third-order valence-electron chi connectivity index (χ3n) is 2.10. The molecule has 0 radical (unpaired) electrons. The lowest BCUT2D eigenvalue weighted by Gasteiger charge is -2.24. The van der Waals surface area contributed by atoms with Gasteiger partial charge in [0.25, 0.3) is 0 Å². The van der Waals surface area contributed by atoms with Crippen LogP contribution < -0.4 is 16.3 Å². The highest BCUT2D eigenvalue weighted by molar-refractivity contribution is 5.94. The molecule has 5 nitrogen and oxygen atoms in total. The van der Waals surface area contributed by atoms with E-state index in [9.17, 15) is 0 Å². The number of hydrazone groups is 1. The Morgan fingerprint density at radius 2 is 1.93 bits per heavy atom. The Bertz CT molecular complexity index is 356. The summed E-state index contributed by atoms with van der Waals surface area (Å²) in [4.78, 5) is 0. The molecule has 1 aliphatic rings. The SMILES string of the molecule is Cc1ccc(N2C(N)=NNN2C)cc1. The van der Waals surface area contributed by atoms with E-state index in [1.165, 1.54) is 5.56 Å². The van der Waals surface area contributed by atoms with E-state index >= 15 is 0 Å². The lowest BCUT2D eigenvalue weighted by atomic mass is 10.2. The first-order valence-electron chi connectivity index (χ1n) is 4.38. The summed E-state index contributed by atoms with van der Waals surface area (Å²) in [5.41, 5.74) is 10.7. The van der Waals surface area contributed by atoms with E-state index in [0.717, 1.165) is 5.69 Å². The molecule has 1 aromatic rings. The Morgan fingerprint density at radius 1 is 1.29 bits per heavy atom. The third kappa shape index (κ3) is 1.38. The summed E-state index contributed by atoms with van der Waals surface area (Å²) in [5, 5.41) is 7.41. The zero-order valence-electron chi connectivity index (χ0n) is 8.23. The summed E-state index contributed by atoms with van der Waals surface area (Å²) in [7, 11) is 1.85. The van der Waals surface area contributed by atoms with Crippen molar-refractivity contribution in [3.8, 4) is 0 Å². The molecule has 14 heavy (non-hydrogen) atoms. The lowest BCUT2D eigenvalue weighted by Crippen LogP contribution is -2.45. The highest BCUT2D eigenvalue weighted by Gasteiger charge is 2.20. The minimum Gasteiger partial charge on any atom is -0.367 e. The second-order valence-corrected chi connectivity index (χ2v) is 3.24. The molecule has 0 saturated carbocycles. The fourth-order valence-electron chi connectivity index (χ4n) is 1.36. The van der Waals surface area contributed by atoms with Crippen LogP contribution in [0.2, 0.25) is 0 Å². The van der Waals surface area contributed by atoms with Gasteiger partial charge in [-0.15, -0.1) is 10.2 Å². The van der Waals surface area contributed by atoms with Gasteiger partial charge in [-0.25, -0.2) is 10.5 Å². The number of hydrazine groups is 2. The molecular weight excluding hydrogens is 178 g/mol. The average molecular weight is 191 g/mol. The van der Waals surface area contributed by atoms with Crippen LogP contribution in [0.25, 0.3) is 0 Å². The fraction of sp³-hybridized carbons (Fsp3) is 0.222. The van der Waals surface area contributed by atoms with Crippen LogP contribution in [0.5, 0.6) is 0 Å². The number of nitrogens with zero attached hydrogens (tertiary/aromatic N) is 3. The molecule has 0 amide bonds. The first-order valence-corrected chi connectivity index (χ1v) is 4.38. The predicted molar refractivity (Wildman–Crippen MR) is 56.2 cm³/mol. The van der Waals surface area contributed by atoms with Crippen molar-refractivity contribution in [1.82, 2.24) is 10.7 Å². The topological polar surface area (TPSA) is 56.9 Å². The highest BCUT2D eigenvalue weighted by atomic mass is 15.9. The summed E-state index contributed by atoms with van der Waals surface area (Å²) in [6.07, 6.45) is 0. The molecule has 0 unspecified atom stereocenters. The van der Waals surface area contributed by atoms with Gasteiger partial charge in [0.2, 0.25) is 5.96 Å². The van der Waals surface area contributed by atoms with Gasteiger partial charge in [-0.05, 0) is 19.1 Å². The molecule has 0 spiro atoms. The average Bonchev–Trinajstić information content (AvgIpc) is 2.49. The second-order valence-electron chi connectivity index (χ2n) is 3.24. The van der Waals surface area contributed by atoms with Crippen LogP contribution in [0, 0.1) is 6.92 Å². The molecule has 0 atom stereocenters. The van der Waals surface area contributed by atoms with Crippen molar-refractivity contribution in [2.24, 2.45) is 10.8 Å². The summed E-state index contributed by atoms with van der Waals surface area (Å²) in [6.45, 7) is 2.05. The summed E-state index contributed by atoms with van der Waals surface area (Å²) < 4.78 is 0. The van der Waals surface area contributed by atoms with Crippen LogP contribution in [-0.2, 0) is 0 Å². The van der Waals surface area contributed by atoms with E-state index in [1.807, 2.05) is 38.2 Å². The Morgan fingerprint density at radius 3 is 2.43 bits per heavy atom. The molecule has 1 aliphatic heterocycles. The molecule has 0 aliphatic carbocycles. The maximum absolute atomic E-state index is 5.71. The number of nitrogens with two attached hydrogens (primary N) is 1. The van der Waals surface area contributed by atoms with Crippen LogP contribution >= 0.6 is 0 Å². The number of benzene rings is 1. The number of aryl methyl sites for hydroxylation is 1. The Kier molecular flexibility index (Phi) is 2.01. The van der Waals surface area contributed by atoms with Crippen molar-refractivity contribution in [2.75, 3.05) is 12.1 Å². The molecule has 1 aromatic carbocycles. The highest BCUT2D eigenvalue weighted by Crippen LogP contribution is 2.17. The third-order valence-corrected chi connectivity index (χ3v) is 2.10. The van der Waals surface area contributed by atoms with Gasteiger partial charge >= 0.3 is 0 Å². The van der Waals surface area contributed by atoms with Crippen LogP contribution in [0.15, 0.2) is 29.4 Å². The van der Waals surface area contributed by atoms with Gasteiger partial charge in [-0.2, -0.15) is 0 Å². The van der Waals surface area contributed by atoms with Gasteiger partial charge < -0.3 is 5.73 Å². The monoisotopic (exact) mass is 191 g/mol. The number of anilines is 1. The molecule has 0 saturated heterocycles. The first-order chi connectivity index (χ1) is 6.68. The second kappa shape index (κ2) is 3.19. The van der Waals surface area contributed by atoms with E-state index in [-0.39, 0.29) is 0 Å². The molecule has 0 fully saturated rings. The van der Waals surface area contributed by atoms with Crippen molar-refractivity contribution in [3.05, 3.63) is 29.8 Å². The van der Waals surface area contributed by atoms with E-state index in [2.05, 4.69) is 10.6 Å². The van der Waals surface area contributed by atoms with E-state index in [0.29, 0.717) is 5.96 Å². The van der Waals surface area contributed by atoms with Crippen LogP contribution in [0.3, 0.4) is 0 Å². The Labute approximate surface area is 82.7 Å². The summed E-state index contributed by atoms with van der Waals surface area (Å²) in [5.74, 6) is 0.441. The zero-order chi connectivity index (χ0) is 10.1. The maximum atomic E-state index is 5.71. The van der Waals surface area contributed by atoms with Crippen LogP contribution in [0.4, 0.5) is 5.69 Å². The smallest absolute Gasteiger partial charge is 0.236 e. The molecule has 3 N–H and O–H groups in total. The van der Waals surface area contributed by atoms with Gasteiger partial charge in [0.05, 0.1) is 5.69 Å². The molecule has 0 aromatic heterocycles.